The van der Waals surface area contributed by atoms with E-state index in [2.05, 4.69) is 94.5 Å². The Hall–Kier alpha value is -1.67. The Morgan fingerprint density at radius 1 is 0.818 bits per heavy atom. The molecule has 0 heterocycles. The van der Waals surface area contributed by atoms with Gasteiger partial charge in [-0.05, 0) is 5.04 Å². The van der Waals surface area contributed by atoms with Crippen LogP contribution in [0.15, 0.2) is 65.7 Å². The van der Waals surface area contributed by atoms with Gasteiger partial charge in [0.2, 0.25) is 0 Å². The maximum absolute atomic E-state index is 5.08. The topological polar surface area (TPSA) is 12.4 Å². The number of hydrogen-bond donors (Lipinski definition) is 0. The Morgan fingerprint density at radius 2 is 1.23 bits per heavy atom. The summed E-state index contributed by atoms with van der Waals surface area (Å²) in [5.74, 6) is 0. The van der Waals surface area contributed by atoms with Crippen molar-refractivity contribution in [2.75, 3.05) is 6.17 Å². The fourth-order valence-corrected chi connectivity index (χ4v) is 3.08. The molecule has 0 radical (unpaired) electrons. The van der Waals surface area contributed by atoms with Crippen molar-refractivity contribution in [3.05, 3.63) is 71.8 Å². The Morgan fingerprint density at radius 3 is 1.59 bits per heavy atom. The molecular formula is C20H27NSi. The molecule has 0 aliphatic heterocycles. The third-order valence-electron chi connectivity index (χ3n) is 4.76. The van der Waals surface area contributed by atoms with E-state index in [9.17, 15) is 0 Å². The standard InChI is InChI=1S/C20H27NSi/c1-20(2,3)22(4,5)16-21-19(17-12-8-6-9-13-17)18-14-10-7-11-15-18/h6-15H,16H2,1-5H3. The summed E-state index contributed by atoms with van der Waals surface area (Å²) in [6, 6.07) is 21.0. The van der Waals surface area contributed by atoms with Crippen LogP contribution in [-0.4, -0.2) is 20.0 Å². The van der Waals surface area contributed by atoms with Crippen LogP contribution in [0.25, 0.3) is 0 Å². The van der Waals surface area contributed by atoms with Crippen molar-refractivity contribution in [1.82, 2.24) is 0 Å². The molecule has 0 unspecified atom stereocenters. The summed E-state index contributed by atoms with van der Waals surface area (Å²) in [7, 11) is -1.42. The number of benzene rings is 2. The first-order chi connectivity index (χ1) is 10.3. The molecule has 2 aromatic rings. The van der Waals surface area contributed by atoms with Crippen molar-refractivity contribution in [3.8, 4) is 0 Å². The second-order valence-electron chi connectivity index (χ2n) is 7.53. The highest BCUT2D eigenvalue weighted by atomic mass is 28.3. The number of rotatable bonds is 4. The second-order valence-corrected chi connectivity index (χ2v) is 13.1. The van der Waals surface area contributed by atoms with E-state index in [1.165, 1.54) is 11.1 Å². The van der Waals surface area contributed by atoms with Crippen LogP contribution in [0.2, 0.25) is 18.1 Å². The first-order valence-corrected chi connectivity index (χ1v) is 11.2. The van der Waals surface area contributed by atoms with E-state index in [0.29, 0.717) is 5.04 Å². The molecule has 0 fully saturated rings. The summed E-state index contributed by atoms with van der Waals surface area (Å²) in [6.07, 6.45) is 0.954. The predicted octanol–water partition coefficient (Wildman–Crippen LogP) is 5.57. The lowest BCUT2D eigenvalue weighted by Crippen LogP contribution is -2.41. The van der Waals surface area contributed by atoms with Gasteiger partial charge in [-0.1, -0.05) is 94.5 Å². The molecule has 1 nitrogen and oxygen atoms in total. The average molecular weight is 310 g/mol. The third kappa shape index (κ3) is 3.95. The van der Waals surface area contributed by atoms with E-state index in [4.69, 9.17) is 4.99 Å². The van der Waals surface area contributed by atoms with Crippen LogP contribution in [0.3, 0.4) is 0 Å². The van der Waals surface area contributed by atoms with Gasteiger partial charge < -0.3 is 0 Å². The molecule has 0 bridgehead atoms. The number of hydrogen-bond acceptors (Lipinski definition) is 1. The van der Waals surface area contributed by atoms with Crippen LogP contribution in [0, 0.1) is 0 Å². The van der Waals surface area contributed by atoms with Crippen LogP contribution in [0.5, 0.6) is 0 Å². The summed E-state index contributed by atoms with van der Waals surface area (Å²) in [5, 5.41) is 0.356. The Kier molecular flexibility index (Phi) is 5.02. The van der Waals surface area contributed by atoms with Gasteiger partial charge >= 0.3 is 0 Å². The SMILES string of the molecule is CC(C)(C)[Si](C)(C)CN=C(c1ccccc1)c1ccccc1. The van der Waals surface area contributed by atoms with Crippen molar-refractivity contribution in [2.45, 2.75) is 38.9 Å². The van der Waals surface area contributed by atoms with Gasteiger partial charge in [0.1, 0.15) is 0 Å². The Bertz CT molecular complexity index is 580. The third-order valence-corrected chi connectivity index (χ3v) is 9.77. The maximum Gasteiger partial charge on any atom is 0.0776 e. The smallest absolute Gasteiger partial charge is 0.0776 e. The molecule has 0 amide bonds. The number of nitrogens with zero attached hydrogens (tertiary/aromatic N) is 1. The first-order valence-electron chi connectivity index (χ1n) is 7.96. The van der Waals surface area contributed by atoms with Gasteiger partial charge in [0.05, 0.1) is 13.8 Å². The van der Waals surface area contributed by atoms with Gasteiger partial charge in [-0.3, -0.25) is 4.99 Å². The van der Waals surface area contributed by atoms with E-state index >= 15 is 0 Å². The molecule has 2 heteroatoms. The maximum atomic E-state index is 5.08. The fourth-order valence-electron chi connectivity index (χ4n) is 2.06. The largest absolute Gasteiger partial charge is 0.287 e. The average Bonchev–Trinajstić information content (AvgIpc) is 2.48. The lowest BCUT2D eigenvalue weighted by Gasteiger charge is -2.35. The Labute approximate surface area is 136 Å². The van der Waals surface area contributed by atoms with Gasteiger partial charge in [0.25, 0.3) is 0 Å². The molecule has 2 rings (SSSR count). The minimum atomic E-state index is -1.42. The Balaban J connectivity index is 2.40. The van der Waals surface area contributed by atoms with E-state index in [1.807, 2.05) is 0 Å². The van der Waals surface area contributed by atoms with E-state index in [1.54, 1.807) is 0 Å². The van der Waals surface area contributed by atoms with Crippen molar-refractivity contribution in [1.29, 1.82) is 0 Å². The first kappa shape index (κ1) is 16.7. The molecule has 0 N–H and O–H groups in total. The van der Waals surface area contributed by atoms with Gasteiger partial charge in [-0.15, -0.1) is 0 Å². The molecule has 0 atom stereocenters. The molecule has 0 saturated carbocycles. The molecule has 22 heavy (non-hydrogen) atoms. The van der Waals surface area contributed by atoms with Gasteiger partial charge in [-0.2, -0.15) is 0 Å². The second kappa shape index (κ2) is 6.61. The van der Waals surface area contributed by atoms with Gasteiger partial charge in [0.15, 0.2) is 0 Å². The zero-order valence-corrected chi connectivity index (χ0v) is 15.4. The van der Waals surface area contributed by atoms with Crippen LogP contribution in [0.4, 0.5) is 0 Å². The zero-order chi connectivity index (χ0) is 16.2. The van der Waals surface area contributed by atoms with Crippen LogP contribution in [-0.2, 0) is 0 Å². The molecule has 0 aromatic heterocycles. The lowest BCUT2D eigenvalue weighted by molar-refractivity contribution is 0.715. The fraction of sp³-hybridized carbons (Fsp3) is 0.350. The van der Waals surface area contributed by atoms with Crippen LogP contribution >= 0.6 is 0 Å². The summed E-state index contributed by atoms with van der Waals surface area (Å²) < 4.78 is 0. The summed E-state index contributed by atoms with van der Waals surface area (Å²) in [5.41, 5.74) is 3.52. The predicted molar refractivity (Wildman–Crippen MR) is 101 cm³/mol. The highest BCUT2D eigenvalue weighted by Crippen LogP contribution is 2.36. The minimum absolute atomic E-state index is 0.356. The van der Waals surface area contributed by atoms with E-state index in [-0.39, 0.29) is 0 Å². The molecule has 0 aliphatic carbocycles. The summed E-state index contributed by atoms with van der Waals surface area (Å²) >= 11 is 0. The van der Waals surface area contributed by atoms with Gasteiger partial charge in [-0.25, -0.2) is 0 Å². The van der Waals surface area contributed by atoms with Crippen LogP contribution in [0.1, 0.15) is 31.9 Å². The molecule has 116 valence electrons. The normalized spacial score (nSPS) is 12.0. The molecule has 0 saturated heterocycles. The quantitative estimate of drug-likeness (QED) is 0.517. The van der Waals surface area contributed by atoms with Crippen molar-refractivity contribution in [3.63, 3.8) is 0 Å². The summed E-state index contributed by atoms with van der Waals surface area (Å²) in [4.78, 5) is 5.08. The highest BCUT2D eigenvalue weighted by molar-refractivity contribution is 6.80. The van der Waals surface area contributed by atoms with E-state index in [0.717, 1.165) is 11.9 Å². The van der Waals surface area contributed by atoms with Crippen molar-refractivity contribution >= 4 is 13.8 Å². The highest BCUT2D eigenvalue weighted by Gasteiger charge is 2.34. The monoisotopic (exact) mass is 309 g/mol. The molecular weight excluding hydrogens is 282 g/mol. The van der Waals surface area contributed by atoms with Crippen LogP contribution < -0.4 is 0 Å². The van der Waals surface area contributed by atoms with Crippen molar-refractivity contribution in [2.24, 2.45) is 4.99 Å². The lowest BCUT2D eigenvalue weighted by atomic mass is 10.0. The zero-order valence-electron chi connectivity index (χ0n) is 14.4. The van der Waals surface area contributed by atoms with E-state index < -0.39 is 8.07 Å². The molecule has 2 aromatic carbocycles. The van der Waals surface area contributed by atoms with Gasteiger partial charge in [0, 0.05) is 17.3 Å². The number of aliphatic imine (C=N–C) groups is 1. The minimum Gasteiger partial charge on any atom is -0.287 e. The molecule has 0 aliphatic rings. The molecule has 0 spiro atoms. The summed E-state index contributed by atoms with van der Waals surface area (Å²) in [6.45, 7) is 11.9. The van der Waals surface area contributed by atoms with Crippen molar-refractivity contribution < 1.29 is 0 Å².